The SMILES string of the molecule is CON1C(=S)C2(CCc3c(n(OC)c4ccccc34)S2)c2ccccc21. The van der Waals surface area contributed by atoms with Gasteiger partial charge in [-0.25, -0.2) is 5.06 Å². The molecule has 1 spiro atoms. The third-order valence-electron chi connectivity index (χ3n) is 5.34. The first kappa shape index (κ1) is 16.2. The number of rotatable bonds is 2. The lowest BCUT2D eigenvalue weighted by atomic mass is 9.92. The van der Waals surface area contributed by atoms with Crippen molar-refractivity contribution in [2.45, 2.75) is 22.6 Å². The Hall–Kier alpha value is -2.02. The van der Waals surface area contributed by atoms with Crippen molar-refractivity contribution in [3.8, 4) is 0 Å². The van der Waals surface area contributed by atoms with Gasteiger partial charge in [0.25, 0.3) is 0 Å². The summed E-state index contributed by atoms with van der Waals surface area (Å²) in [6.07, 6.45) is 1.89. The molecule has 1 aromatic heterocycles. The fourth-order valence-corrected chi connectivity index (χ4v) is 6.29. The predicted octanol–water partition coefficient (Wildman–Crippen LogP) is 4.34. The third kappa shape index (κ3) is 1.92. The molecule has 132 valence electrons. The summed E-state index contributed by atoms with van der Waals surface area (Å²) in [4.78, 5) is 12.2. The number of hydrogen-bond donors (Lipinski definition) is 0. The van der Waals surface area contributed by atoms with E-state index in [0.717, 1.165) is 34.1 Å². The van der Waals surface area contributed by atoms with Gasteiger partial charge in [-0.3, -0.25) is 4.84 Å². The quantitative estimate of drug-likeness (QED) is 0.615. The number of hydrogen-bond acceptors (Lipinski definition) is 4. The van der Waals surface area contributed by atoms with Crippen molar-refractivity contribution in [1.29, 1.82) is 0 Å². The Labute approximate surface area is 161 Å². The molecular weight excluding hydrogens is 364 g/mol. The molecule has 0 radical (unpaired) electrons. The van der Waals surface area contributed by atoms with Crippen LogP contribution in [0, 0.1) is 0 Å². The summed E-state index contributed by atoms with van der Waals surface area (Å²) in [7, 11) is 3.39. The van der Waals surface area contributed by atoms with Gasteiger partial charge >= 0.3 is 0 Å². The summed E-state index contributed by atoms with van der Waals surface area (Å²) in [6, 6.07) is 16.7. The molecular formula is C20H18N2O2S2. The molecule has 1 unspecified atom stereocenters. The normalized spacial score (nSPS) is 21.3. The van der Waals surface area contributed by atoms with Gasteiger partial charge in [0.05, 0.1) is 18.3 Å². The number of hydroxylamine groups is 1. The van der Waals surface area contributed by atoms with Crippen LogP contribution in [0.4, 0.5) is 5.69 Å². The molecule has 0 fully saturated rings. The molecule has 5 rings (SSSR count). The zero-order valence-corrected chi connectivity index (χ0v) is 16.2. The molecule has 6 heteroatoms. The van der Waals surface area contributed by atoms with Gasteiger partial charge in [-0.1, -0.05) is 60.4 Å². The van der Waals surface area contributed by atoms with Crippen molar-refractivity contribution in [2.75, 3.05) is 19.3 Å². The zero-order valence-electron chi connectivity index (χ0n) is 14.6. The molecule has 0 saturated heterocycles. The Morgan fingerprint density at radius 3 is 2.62 bits per heavy atom. The number of anilines is 1. The van der Waals surface area contributed by atoms with Crippen LogP contribution in [-0.4, -0.2) is 23.9 Å². The molecule has 2 aliphatic heterocycles. The number of fused-ring (bicyclic) bond motifs is 5. The second-order valence-corrected chi connectivity index (χ2v) is 8.18. The number of nitrogens with zero attached hydrogens (tertiary/aromatic N) is 2. The molecule has 0 saturated carbocycles. The van der Waals surface area contributed by atoms with Crippen molar-refractivity contribution in [2.24, 2.45) is 0 Å². The lowest BCUT2D eigenvalue weighted by molar-refractivity contribution is 0.157. The van der Waals surface area contributed by atoms with E-state index in [1.807, 2.05) is 16.9 Å². The van der Waals surface area contributed by atoms with E-state index < -0.39 is 0 Å². The number of benzene rings is 2. The molecule has 0 N–H and O–H groups in total. The standard InChI is InChI=1S/C20H18N2O2S2/c1-23-21-16-9-5-3-7-13(16)14-11-12-20(26-18(14)21)15-8-4-6-10-17(15)22(24-2)19(20)25/h3-10H,11-12H2,1-2H3. The van der Waals surface area contributed by atoms with E-state index in [0.29, 0.717) is 0 Å². The average molecular weight is 383 g/mol. The van der Waals surface area contributed by atoms with Crippen LogP contribution in [-0.2, 0) is 16.0 Å². The van der Waals surface area contributed by atoms with E-state index in [4.69, 9.17) is 21.9 Å². The summed E-state index contributed by atoms with van der Waals surface area (Å²) >= 11 is 7.69. The predicted molar refractivity (Wildman–Crippen MR) is 109 cm³/mol. The lowest BCUT2D eigenvalue weighted by Gasteiger charge is -2.34. The summed E-state index contributed by atoms with van der Waals surface area (Å²) in [6.45, 7) is 0. The van der Waals surface area contributed by atoms with E-state index in [1.54, 1.807) is 31.0 Å². The molecule has 26 heavy (non-hydrogen) atoms. The fraction of sp³-hybridized carbons (Fsp3) is 0.250. The van der Waals surface area contributed by atoms with Gasteiger partial charge in [-0.2, -0.15) is 4.73 Å². The maximum Gasteiger partial charge on any atom is 0.130 e. The minimum absolute atomic E-state index is 0.306. The maximum atomic E-state index is 5.90. The van der Waals surface area contributed by atoms with Gasteiger partial charge in [0.15, 0.2) is 0 Å². The highest BCUT2D eigenvalue weighted by atomic mass is 32.2. The van der Waals surface area contributed by atoms with Crippen LogP contribution in [0.2, 0.25) is 0 Å². The Kier molecular flexibility index (Phi) is 3.57. The Morgan fingerprint density at radius 1 is 1.04 bits per heavy atom. The van der Waals surface area contributed by atoms with Crippen molar-refractivity contribution in [3.63, 3.8) is 0 Å². The van der Waals surface area contributed by atoms with Crippen molar-refractivity contribution >= 4 is 45.6 Å². The minimum Gasteiger partial charge on any atom is -0.416 e. The largest absolute Gasteiger partial charge is 0.416 e. The van der Waals surface area contributed by atoms with Crippen LogP contribution in [0.3, 0.4) is 0 Å². The number of aryl methyl sites for hydroxylation is 1. The van der Waals surface area contributed by atoms with Gasteiger partial charge in [-0.05, 0) is 30.5 Å². The van der Waals surface area contributed by atoms with Crippen LogP contribution < -0.4 is 9.90 Å². The van der Waals surface area contributed by atoms with Crippen LogP contribution in [0.25, 0.3) is 10.9 Å². The number of para-hydroxylation sites is 2. The highest BCUT2D eigenvalue weighted by Gasteiger charge is 2.52. The molecule has 4 nitrogen and oxygen atoms in total. The fourth-order valence-electron chi connectivity index (χ4n) is 4.20. The summed E-state index contributed by atoms with van der Waals surface area (Å²) in [5.41, 5.74) is 4.70. The Bertz CT molecular complexity index is 1010. The van der Waals surface area contributed by atoms with E-state index in [1.165, 1.54) is 16.5 Å². The Balaban J connectivity index is 1.73. The second-order valence-electron chi connectivity index (χ2n) is 6.51. The van der Waals surface area contributed by atoms with Crippen molar-refractivity contribution < 1.29 is 9.68 Å². The molecule has 2 aliphatic rings. The first-order valence-electron chi connectivity index (χ1n) is 8.55. The zero-order chi connectivity index (χ0) is 17.9. The topological polar surface area (TPSA) is 26.6 Å². The number of thioether (sulfide) groups is 1. The van der Waals surface area contributed by atoms with E-state index in [-0.39, 0.29) is 4.75 Å². The van der Waals surface area contributed by atoms with E-state index in [2.05, 4.69) is 36.4 Å². The number of thiocarbonyl (C=S) groups is 1. The molecule has 0 bridgehead atoms. The van der Waals surface area contributed by atoms with Gasteiger partial charge in [0.2, 0.25) is 0 Å². The molecule has 3 heterocycles. The molecule has 0 amide bonds. The highest BCUT2D eigenvalue weighted by Crippen LogP contribution is 2.58. The average Bonchev–Trinajstić information content (AvgIpc) is 3.12. The van der Waals surface area contributed by atoms with Crippen LogP contribution >= 0.6 is 24.0 Å². The van der Waals surface area contributed by atoms with Crippen LogP contribution in [0.15, 0.2) is 53.6 Å². The maximum absolute atomic E-state index is 5.90. The highest BCUT2D eigenvalue weighted by molar-refractivity contribution is 8.02. The smallest absolute Gasteiger partial charge is 0.130 e. The van der Waals surface area contributed by atoms with Crippen molar-refractivity contribution in [3.05, 3.63) is 59.7 Å². The monoisotopic (exact) mass is 382 g/mol. The molecule has 0 aliphatic carbocycles. The van der Waals surface area contributed by atoms with E-state index in [9.17, 15) is 0 Å². The summed E-state index contributed by atoms with van der Waals surface area (Å²) in [5.74, 6) is 0. The number of aromatic nitrogens is 1. The first-order chi connectivity index (χ1) is 12.7. The second kappa shape index (κ2) is 5.74. The van der Waals surface area contributed by atoms with Gasteiger partial charge in [-0.15, -0.1) is 0 Å². The van der Waals surface area contributed by atoms with Crippen LogP contribution in [0.1, 0.15) is 17.5 Å². The minimum atomic E-state index is -0.306. The van der Waals surface area contributed by atoms with E-state index >= 15 is 0 Å². The first-order valence-corrected chi connectivity index (χ1v) is 9.77. The molecule has 3 aromatic rings. The summed E-state index contributed by atoms with van der Waals surface area (Å²) < 4.78 is 1.64. The van der Waals surface area contributed by atoms with Crippen LogP contribution in [0.5, 0.6) is 0 Å². The third-order valence-corrected chi connectivity index (χ3v) is 7.56. The Morgan fingerprint density at radius 2 is 1.81 bits per heavy atom. The molecule has 1 atom stereocenters. The van der Waals surface area contributed by atoms with Gasteiger partial charge in [0, 0.05) is 10.9 Å². The lowest BCUT2D eigenvalue weighted by Crippen LogP contribution is -2.38. The van der Waals surface area contributed by atoms with Gasteiger partial charge in [0.1, 0.15) is 21.9 Å². The van der Waals surface area contributed by atoms with Gasteiger partial charge < -0.3 is 4.84 Å². The van der Waals surface area contributed by atoms with Crippen molar-refractivity contribution in [1.82, 2.24) is 4.73 Å². The summed E-state index contributed by atoms with van der Waals surface area (Å²) in [5, 5.41) is 4.19. The molecule has 2 aromatic carbocycles.